The molecule has 30 heavy (non-hydrogen) atoms. The van der Waals surface area contributed by atoms with Crippen LogP contribution in [0, 0.1) is 0 Å². The quantitative estimate of drug-likeness (QED) is 0.705. The summed E-state index contributed by atoms with van der Waals surface area (Å²) in [7, 11) is 6.10. The number of rotatable bonds is 6. The molecule has 1 amide bonds. The highest BCUT2D eigenvalue weighted by Crippen LogP contribution is 2.50. The standard InChI is InChI=1S/C22H24ClNO6/c1-27-17-8-6-13-14(10-16(17)25)15(24-19(26)11-23)7-5-12-9-18(28-2)21(29-3)22(30-4)20(12)13/h6,8-10,15H,5,7,11H2,1-4H3,(H,24,26). The maximum Gasteiger partial charge on any atom is 0.235 e. The molecule has 0 saturated carbocycles. The Morgan fingerprint density at radius 3 is 2.33 bits per heavy atom. The number of nitrogens with one attached hydrogen (secondary N) is 1. The van der Waals surface area contributed by atoms with E-state index in [1.165, 1.54) is 20.3 Å². The van der Waals surface area contributed by atoms with Gasteiger partial charge in [-0.25, -0.2) is 0 Å². The molecule has 0 spiro atoms. The second-order valence-electron chi connectivity index (χ2n) is 6.75. The van der Waals surface area contributed by atoms with Crippen molar-refractivity contribution in [3.8, 4) is 34.1 Å². The van der Waals surface area contributed by atoms with Gasteiger partial charge >= 0.3 is 0 Å². The number of ether oxygens (including phenoxy) is 4. The summed E-state index contributed by atoms with van der Waals surface area (Å²) in [6.07, 6.45) is 1.18. The summed E-state index contributed by atoms with van der Waals surface area (Å²) >= 11 is 5.71. The Hall–Kier alpha value is -2.93. The van der Waals surface area contributed by atoms with Crippen LogP contribution in [0.5, 0.6) is 23.0 Å². The molecule has 0 fully saturated rings. The lowest BCUT2D eigenvalue weighted by molar-refractivity contribution is -0.119. The van der Waals surface area contributed by atoms with Crippen LogP contribution in [0.3, 0.4) is 0 Å². The number of carbonyl (C=O) groups is 1. The molecule has 0 aromatic heterocycles. The van der Waals surface area contributed by atoms with E-state index < -0.39 is 6.04 Å². The van der Waals surface area contributed by atoms with Crippen molar-refractivity contribution < 1.29 is 23.7 Å². The van der Waals surface area contributed by atoms with Gasteiger partial charge in [-0.1, -0.05) is 6.07 Å². The number of aryl methyl sites for hydroxylation is 1. The zero-order valence-corrected chi connectivity index (χ0v) is 18.1. The molecule has 0 saturated heterocycles. The van der Waals surface area contributed by atoms with Crippen LogP contribution >= 0.6 is 11.6 Å². The van der Waals surface area contributed by atoms with E-state index >= 15 is 0 Å². The number of fused-ring (bicyclic) bond motifs is 3. The topological polar surface area (TPSA) is 83.1 Å². The van der Waals surface area contributed by atoms with E-state index in [1.807, 2.05) is 6.07 Å². The number of methoxy groups -OCH3 is 4. The molecule has 1 aliphatic rings. The minimum atomic E-state index is -0.412. The third kappa shape index (κ3) is 3.89. The average Bonchev–Trinajstić information content (AvgIpc) is 3.00. The van der Waals surface area contributed by atoms with E-state index in [0.717, 1.165) is 16.7 Å². The fourth-order valence-electron chi connectivity index (χ4n) is 3.85. The highest BCUT2D eigenvalue weighted by atomic mass is 35.5. The van der Waals surface area contributed by atoms with Gasteiger partial charge in [-0.2, -0.15) is 0 Å². The molecule has 1 atom stereocenters. The molecule has 0 bridgehead atoms. The highest BCUT2D eigenvalue weighted by molar-refractivity contribution is 6.27. The van der Waals surface area contributed by atoms with Crippen molar-refractivity contribution in [3.63, 3.8) is 0 Å². The Bertz CT molecular complexity index is 1020. The summed E-state index contributed by atoms with van der Waals surface area (Å²) in [6, 6.07) is 6.40. The van der Waals surface area contributed by atoms with Gasteiger partial charge in [0.15, 0.2) is 17.2 Å². The molecule has 7 nitrogen and oxygen atoms in total. The minimum absolute atomic E-state index is 0.170. The average molecular weight is 434 g/mol. The van der Waals surface area contributed by atoms with Crippen molar-refractivity contribution in [1.82, 2.24) is 5.32 Å². The number of hydrogen-bond donors (Lipinski definition) is 1. The molecular formula is C22H24ClNO6. The molecular weight excluding hydrogens is 410 g/mol. The second-order valence-corrected chi connectivity index (χ2v) is 7.02. The largest absolute Gasteiger partial charge is 0.493 e. The van der Waals surface area contributed by atoms with Crippen LogP contribution in [0.15, 0.2) is 29.1 Å². The van der Waals surface area contributed by atoms with Crippen LogP contribution in [-0.2, 0) is 11.2 Å². The fraction of sp³-hybridized carbons (Fsp3) is 0.364. The zero-order valence-electron chi connectivity index (χ0n) is 17.3. The monoisotopic (exact) mass is 433 g/mol. The maximum absolute atomic E-state index is 12.7. The van der Waals surface area contributed by atoms with Crippen LogP contribution in [-0.4, -0.2) is 40.2 Å². The Morgan fingerprint density at radius 2 is 1.73 bits per heavy atom. The first-order valence-corrected chi connectivity index (χ1v) is 9.92. The molecule has 0 radical (unpaired) electrons. The van der Waals surface area contributed by atoms with Crippen molar-refractivity contribution in [1.29, 1.82) is 0 Å². The van der Waals surface area contributed by atoms with E-state index in [1.54, 1.807) is 26.4 Å². The van der Waals surface area contributed by atoms with Gasteiger partial charge < -0.3 is 24.3 Å². The summed E-state index contributed by atoms with van der Waals surface area (Å²) in [5.74, 6) is 1.21. The van der Waals surface area contributed by atoms with E-state index in [0.29, 0.717) is 35.7 Å². The Balaban J connectivity index is 2.38. The van der Waals surface area contributed by atoms with Crippen molar-refractivity contribution in [2.24, 2.45) is 0 Å². The lowest BCUT2D eigenvalue weighted by Crippen LogP contribution is -2.29. The van der Waals surface area contributed by atoms with Crippen molar-refractivity contribution in [2.75, 3.05) is 34.3 Å². The van der Waals surface area contributed by atoms with Crippen LogP contribution < -0.4 is 29.7 Å². The number of alkyl halides is 1. The number of benzene rings is 1. The van der Waals surface area contributed by atoms with Crippen LogP contribution in [0.25, 0.3) is 11.1 Å². The van der Waals surface area contributed by atoms with Gasteiger partial charge in [0.05, 0.1) is 34.5 Å². The molecule has 0 heterocycles. The normalized spacial score (nSPS) is 14.6. The molecule has 2 aromatic carbocycles. The molecule has 1 aliphatic carbocycles. The van der Waals surface area contributed by atoms with Crippen LogP contribution in [0.1, 0.15) is 23.6 Å². The van der Waals surface area contributed by atoms with Crippen molar-refractivity contribution in [2.45, 2.75) is 18.9 Å². The molecule has 1 N–H and O–H groups in total. The van der Waals surface area contributed by atoms with E-state index in [-0.39, 0.29) is 23.0 Å². The summed E-state index contributed by atoms with van der Waals surface area (Å²) in [5, 5.41) is 2.92. The van der Waals surface area contributed by atoms with Gasteiger partial charge in [0.1, 0.15) is 5.88 Å². The number of carbonyl (C=O) groups excluding carboxylic acids is 1. The summed E-state index contributed by atoms with van der Waals surface area (Å²) < 4.78 is 22.0. The summed E-state index contributed by atoms with van der Waals surface area (Å²) in [5.41, 5.74) is 2.84. The SMILES string of the molecule is COc1cc2c(c(OC)c1OC)-c1ccc(OC)c(=O)cc1C(NC(=O)CCl)CC2. The first-order valence-electron chi connectivity index (χ1n) is 9.38. The molecule has 3 rings (SSSR count). The van der Waals surface area contributed by atoms with Crippen molar-refractivity contribution >= 4 is 17.5 Å². The molecule has 2 aromatic rings. The second kappa shape index (κ2) is 9.26. The summed E-state index contributed by atoms with van der Waals surface area (Å²) in [4.78, 5) is 24.8. The van der Waals surface area contributed by atoms with Gasteiger partial charge in [0.2, 0.25) is 17.1 Å². The first-order chi connectivity index (χ1) is 14.5. The third-order valence-electron chi connectivity index (χ3n) is 5.18. The first kappa shape index (κ1) is 21.8. The Morgan fingerprint density at radius 1 is 1.03 bits per heavy atom. The number of halogens is 1. The zero-order chi connectivity index (χ0) is 21.8. The maximum atomic E-state index is 12.7. The summed E-state index contributed by atoms with van der Waals surface area (Å²) in [6.45, 7) is 0. The van der Waals surface area contributed by atoms with Gasteiger partial charge in [-0.3, -0.25) is 9.59 Å². The van der Waals surface area contributed by atoms with Gasteiger partial charge in [0.25, 0.3) is 0 Å². The van der Waals surface area contributed by atoms with E-state index in [2.05, 4.69) is 5.32 Å². The van der Waals surface area contributed by atoms with Crippen LogP contribution in [0.2, 0.25) is 0 Å². The molecule has 8 heteroatoms. The predicted octanol–water partition coefficient (Wildman–Crippen LogP) is 3.09. The molecule has 0 aliphatic heterocycles. The number of hydrogen-bond acceptors (Lipinski definition) is 6. The molecule has 1 unspecified atom stereocenters. The predicted molar refractivity (Wildman–Crippen MR) is 114 cm³/mol. The van der Waals surface area contributed by atoms with Crippen molar-refractivity contribution in [3.05, 3.63) is 45.6 Å². The van der Waals surface area contributed by atoms with Gasteiger partial charge in [0, 0.05) is 5.56 Å². The lowest BCUT2D eigenvalue weighted by Gasteiger charge is -2.19. The highest BCUT2D eigenvalue weighted by Gasteiger charge is 2.29. The van der Waals surface area contributed by atoms with Crippen LogP contribution in [0.4, 0.5) is 0 Å². The number of amides is 1. The fourth-order valence-corrected chi connectivity index (χ4v) is 3.93. The third-order valence-corrected chi connectivity index (χ3v) is 5.42. The lowest BCUT2D eigenvalue weighted by atomic mass is 9.95. The Kier molecular flexibility index (Phi) is 6.72. The smallest absolute Gasteiger partial charge is 0.235 e. The van der Waals surface area contributed by atoms with E-state index in [4.69, 9.17) is 30.5 Å². The minimum Gasteiger partial charge on any atom is -0.493 e. The molecule has 160 valence electrons. The van der Waals surface area contributed by atoms with Gasteiger partial charge in [-0.05, 0) is 47.7 Å². The van der Waals surface area contributed by atoms with Gasteiger partial charge in [-0.15, -0.1) is 11.6 Å². The van der Waals surface area contributed by atoms with E-state index in [9.17, 15) is 9.59 Å². The Labute approximate surface area is 179 Å².